The van der Waals surface area contributed by atoms with E-state index in [0.29, 0.717) is 0 Å². The van der Waals surface area contributed by atoms with Gasteiger partial charge in [-0.05, 0) is 54.5 Å². The Kier molecular flexibility index (Phi) is 4.20. The van der Waals surface area contributed by atoms with Gasteiger partial charge < -0.3 is 4.57 Å². The minimum atomic E-state index is 0.803. The first-order valence-corrected chi connectivity index (χ1v) is 9.18. The van der Waals surface area contributed by atoms with E-state index in [-0.39, 0.29) is 0 Å². The number of fused-ring (bicyclic) bond motifs is 1. The molecule has 0 N–H and O–H groups in total. The molecule has 0 bridgehead atoms. The lowest BCUT2D eigenvalue weighted by Gasteiger charge is -2.13. The van der Waals surface area contributed by atoms with Gasteiger partial charge in [0.15, 0.2) is 0 Å². The van der Waals surface area contributed by atoms with Crippen LogP contribution in [0.5, 0.6) is 0 Å². The third-order valence-corrected chi connectivity index (χ3v) is 5.33. The molecule has 0 spiro atoms. The second kappa shape index (κ2) is 6.49. The maximum atomic E-state index is 6.10. The normalized spacial score (nSPS) is 13.2. The second-order valence-electron chi connectivity index (χ2n) is 6.53. The molecule has 122 valence electrons. The third kappa shape index (κ3) is 2.67. The van der Waals surface area contributed by atoms with Crippen LogP contribution in [-0.4, -0.2) is 4.57 Å². The lowest BCUT2D eigenvalue weighted by molar-refractivity contribution is 0.703. The van der Waals surface area contributed by atoms with Gasteiger partial charge in [0.1, 0.15) is 0 Å². The Balaban J connectivity index is 1.86. The molecule has 1 aliphatic rings. The molecule has 0 atom stereocenters. The highest BCUT2D eigenvalue weighted by atomic mass is 35.5. The Morgan fingerprint density at radius 1 is 0.958 bits per heavy atom. The summed E-state index contributed by atoms with van der Waals surface area (Å²) in [7, 11) is 0. The van der Waals surface area contributed by atoms with Gasteiger partial charge >= 0.3 is 0 Å². The molecule has 24 heavy (non-hydrogen) atoms. The minimum absolute atomic E-state index is 0.803. The standard InChI is InChI=1S/C22H22ClN/c1-2-20-22(17-11-13-18(23)14-12-17)19-9-6-10-21(19)24(20)15-16-7-4-3-5-8-16/h3-5,7-8,11-14H,2,6,9-10,15H2,1H3. The summed E-state index contributed by atoms with van der Waals surface area (Å²) in [6.45, 7) is 3.24. The van der Waals surface area contributed by atoms with E-state index in [4.69, 9.17) is 11.6 Å². The van der Waals surface area contributed by atoms with Crippen molar-refractivity contribution in [3.05, 3.63) is 82.1 Å². The van der Waals surface area contributed by atoms with Crippen LogP contribution in [-0.2, 0) is 25.8 Å². The molecule has 0 saturated carbocycles. The van der Waals surface area contributed by atoms with Crippen molar-refractivity contribution < 1.29 is 0 Å². The largest absolute Gasteiger partial charge is 0.343 e. The van der Waals surface area contributed by atoms with Crippen LogP contribution in [0.15, 0.2) is 54.6 Å². The van der Waals surface area contributed by atoms with Crippen LogP contribution in [0.25, 0.3) is 11.1 Å². The molecule has 1 aromatic heterocycles. The van der Waals surface area contributed by atoms with Gasteiger partial charge in [0, 0.05) is 28.5 Å². The van der Waals surface area contributed by atoms with E-state index in [9.17, 15) is 0 Å². The summed E-state index contributed by atoms with van der Waals surface area (Å²) >= 11 is 6.10. The lowest BCUT2D eigenvalue weighted by atomic mass is 9.99. The quantitative estimate of drug-likeness (QED) is 0.558. The van der Waals surface area contributed by atoms with Gasteiger partial charge in [-0.2, -0.15) is 0 Å². The first-order chi connectivity index (χ1) is 11.8. The SMILES string of the molecule is CCc1c(-c2ccc(Cl)cc2)c2c(n1Cc1ccccc1)CCC2. The summed E-state index contributed by atoms with van der Waals surface area (Å²) in [6, 6.07) is 19.1. The molecule has 0 fully saturated rings. The molecule has 0 saturated heterocycles. The van der Waals surface area contributed by atoms with Crippen LogP contribution in [0.2, 0.25) is 5.02 Å². The molecule has 2 heteroatoms. The van der Waals surface area contributed by atoms with E-state index in [2.05, 4.69) is 54.0 Å². The van der Waals surface area contributed by atoms with Gasteiger partial charge in [0.05, 0.1) is 0 Å². The number of halogens is 1. The van der Waals surface area contributed by atoms with Crippen LogP contribution in [0.1, 0.15) is 35.9 Å². The van der Waals surface area contributed by atoms with Crippen molar-refractivity contribution in [1.82, 2.24) is 4.57 Å². The van der Waals surface area contributed by atoms with E-state index in [0.717, 1.165) is 18.0 Å². The fourth-order valence-corrected chi connectivity index (χ4v) is 4.17. The van der Waals surface area contributed by atoms with E-state index < -0.39 is 0 Å². The topological polar surface area (TPSA) is 4.93 Å². The summed E-state index contributed by atoms with van der Waals surface area (Å²) in [5.41, 5.74) is 8.70. The number of benzene rings is 2. The van der Waals surface area contributed by atoms with Crippen molar-refractivity contribution in [1.29, 1.82) is 0 Å². The number of hydrogen-bond acceptors (Lipinski definition) is 0. The van der Waals surface area contributed by atoms with Crippen molar-refractivity contribution in [2.24, 2.45) is 0 Å². The van der Waals surface area contributed by atoms with Crippen molar-refractivity contribution in [3.8, 4) is 11.1 Å². The summed E-state index contributed by atoms with van der Waals surface area (Å²) < 4.78 is 2.57. The van der Waals surface area contributed by atoms with E-state index in [1.54, 1.807) is 11.3 Å². The first-order valence-electron chi connectivity index (χ1n) is 8.81. The fourth-order valence-electron chi connectivity index (χ4n) is 4.05. The zero-order valence-corrected chi connectivity index (χ0v) is 14.8. The Morgan fingerprint density at radius 2 is 1.71 bits per heavy atom. The maximum absolute atomic E-state index is 6.10. The average molecular weight is 336 g/mol. The average Bonchev–Trinajstić information content (AvgIpc) is 3.18. The van der Waals surface area contributed by atoms with Crippen LogP contribution >= 0.6 is 11.6 Å². The predicted molar refractivity (Wildman–Crippen MR) is 102 cm³/mol. The van der Waals surface area contributed by atoms with Gasteiger partial charge in [-0.1, -0.05) is 61.0 Å². The Morgan fingerprint density at radius 3 is 2.42 bits per heavy atom. The lowest BCUT2D eigenvalue weighted by Crippen LogP contribution is -2.07. The van der Waals surface area contributed by atoms with Crippen LogP contribution in [0.3, 0.4) is 0 Å². The molecule has 0 aliphatic heterocycles. The highest BCUT2D eigenvalue weighted by Crippen LogP contribution is 2.39. The molecule has 0 unspecified atom stereocenters. The zero-order chi connectivity index (χ0) is 16.5. The van der Waals surface area contributed by atoms with Crippen LogP contribution < -0.4 is 0 Å². The molecule has 1 heterocycles. The van der Waals surface area contributed by atoms with E-state index in [1.165, 1.54) is 41.6 Å². The molecule has 2 aromatic carbocycles. The summed E-state index contributed by atoms with van der Waals surface area (Å²) in [4.78, 5) is 0. The minimum Gasteiger partial charge on any atom is -0.343 e. The van der Waals surface area contributed by atoms with E-state index >= 15 is 0 Å². The highest BCUT2D eigenvalue weighted by molar-refractivity contribution is 6.30. The zero-order valence-electron chi connectivity index (χ0n) is 14.1. The van der Waals surface area contributed by atoms with Crippen LogP contribution in [0, 0.1) is 0 Å². The first kappa shape index (κ1) is 15.5. The molecule has 0 radical (unpaired) electrons. The molecule has 0 amide bonds. The Hall–Kier alpha value is -1.99. The van der Waals surface area contributed by atoms with Crippen molar-refractivity contribution in [3.63, 3.8) is 0 Å². The molecule has 1 nitrogen and oxygen atoms in total. The second-order valence-corrected chi connectivity index (χ2v) is 6.97. The maximum Gasteiger partial charge on any atom is 0.0475 e. The number of hydrogen-bond donors (Lipinski definition) is 0. The van der Waals surface area contributed by atoms with Crippen molar-refractivity contribution >= 4 is 11.6 Å². The van der Waals surface area contributed by atoms with Gasteiger partial charge in [0.2, 0.25) is 0 Å². The molecule has 4 rings (SSSR count). The van der Waals surface area contributed by atoms with Crippen LogP contribution in [0.4, 0.5) is 0 Å². The predicted octanol–water partition coefficient (Wildman–Crippen LogP) is 5.91. The monoisotopic (exact) mass is 335 g/mol. The van der Waals surface area contributed by atoms with Gasteiger partial charge in [0.25, 0.3) is 0 Å². The number of aromatic nitrogens is 1. The Bertz CT molecular complexity index is 844. The third-order valence-electron chi connectivity index (χ3n) is 5.08. The summed E-state index contributed by atoms with van der Waals surface area (Å²) in [5.74, 6) is 0. The molecule has 3 aromatic rings. The highest BCUT2D eigenvalue weighted by Gasteiger charge is 2.25. The summed E-state index contributed by atoms with van der Waals surface area (Å²) in [6.07, 6.45) is 4.71. The van der Waals surface area contributed by atoms with E-state index in [1.807, 2.05) is 12.1 Å². The number of rotatable bonds is 4. The van der Waals surface area contributed by atoms with Crippen molar-refractivity contribution in [2.45, 2.75) is 39.2 Å². The Labute approximate surface area is 148 Å². The molecular formula is C22H22ClN. The molecular weight excluding hydrogens is 314 g/mol. The van der Waals surface area contributed by atoms with Gasteiger partial charge in [-0.15, -0.1) is 0 Å². The molecule has 1 aliphatic carbocycles. The fraction of sp³-hybridized carbons (Fsp3) is 0.273. The number of nitrogens with zero attached hydrogens (tertiary/aromatic N) is 1. The van der Waals surface area contributed by atoms with Gasteiger partial charge in [-0.3, -0.25) is 0 Å². The van der Waals surface area contributed by atoms with Gasteiger partial charge in [-0.25, -0.2) is 0 Å². The smallest absolute Gasteiger partial charge is 0.0475 e. The van der Waals surface area contributed by atoms with Crippen molar-refractivity contribution in [2.75, 3.05) is 0 Å². The summed E-state index contributed by atoms with van der Waals surface area (Å²) in [5, 5.41) is 0.803.